The van der Waals surface area contributed by atoms with Crippen LogP contribution in [0.2, 0.25) is 5.02 Å². The van der Waals surface area contributed by atoms with E-state index in [1.165, 1.54) is 6.07 Å². The first-order valence-corrected chi connectivity index (χ1v) is 8.11. The summed E-state index contributed by atoms with van der Waals surface area (Å²) < 4.78 is 16.5. The van der Waals surface area contributed by atoms with Gasteiger partial charge in [0, 0.05) is 16.1 Å². The molecule has 120 valence electrons. The molecule has 4 rings (SSSR count). The van der Waals surface area contributed by atoms with E-state index in [0.717, 1.165) is 22.8 Å². The van der Waals surface area contributed by atoms with Crippen LogP contribution in [0.3, 0.4) is 0 Å². The number of hydrogen-bond acceptors (Lipinski definition) is 2. The molecule has 0 aliphatic carbocycles. The lowest BCUT2D eigenvalue weighted by atomic mass is 10.00. The van der Waals surface area contributed by atoms with Gasteiger partial charge in [0.05, 0.1) is 29.3 Å². The van der Waals surface area contributed by atoms with E-state index in [1.807, 2.05) is 44.3 Å². The minimum absolute atomic E-state index is 0.146. The van der Waals surface area contributed by atoms with Gasteiger partial charge in [-0.2, -0.15) is 0 Å². The van der Waals surface area contributed by atoms with E-state index < -0.39 is 0 Å². The summed E-state index contributed by atoms with van der Waals surface area (Å²) in [5, 5.41) is 0.590. The summed E-state index contributed by atoms with van der Waals surface area (Å²) in [7, 11) is 0. The number of hydrogen-bond donors (Lipinski definition) is 0. The number of halogens is 2. The number of rotatable bonds is 1. The molecule has 2 heterocycles. The zero-order valence-corrected chi connectivity index (χ0v) is 14.0. The van der Waals surface area contributed by atoms with Crippen molar-refractivity contribution in [2.75, 3.05) is 0 Å². The van der Waals surface area contributed by atoms with Gasteiger partial charge in [-0.05, 0) is 44.2 Å². The van der Waals surface area contributed by atoms with Crippen molar-refractivity contribution in [1.82, 2.24) is 9.55 Å². The molecule has 3 nitrogen and oxygen atoms in total. The molecule has 0 saturated heterocycles. The van der Waals surface area contributed by atoms with Crippen LogP contribution in [0.4, 0.5) is 4.39 Å². The van der Waals surface area contributed by atoms with Crippen LogP contribution >= 0.6 is 11.6 Å². The Morgan fingerprint density at radius 1 is 1.12 bits per heavy atom. The van der Waals surface area contributed by atoms with Crippen LogP contribution in [0.15, 0.2) is 53.7 Å². The molecule has 5 heteroatoms. The Morgan fingerprint density at radius 2 is 1.92 bits per heavy atom. The third-order valence-corrected chi connectivity index (χ3v) is 4.53. The highest BCUT2D eigenvalue weighted by molar-refractivity contribution is 6.31. The van der Waals surface area contributed by atoms with E-state index in [0.29, 0.717) is 16.3 Å². The lowest BCUT2D eigenvalue weighted by Gasteiger charge is -2.14. The molecule has 1 aromatic heterocycles. The molecule has 0 bridgehead atoms. The molecule has 0 fully saturated rings. The van der Waals surface area contributed by atoms with Crippen molar-refractivity contribution in [3.05, 3.63) is 82.1 Å². The van der Waals surface area contributed by atoms with Gasteiger partial charge < -0.3 is 0 Å². The van der Waals surface area contributed by atoms with Crippen molar-refractivity contribution < 1.29 is 4.39 Å². The highest BCUT2D eigenvalue weighted by Gasteiger charge is 2.25. The van der Waals surface area contributed by atoms with Crippen molar-refractivity contribution in [2.45, 2.75) is 19.9 Å². The van der Waals surface area contributed by atoms with Crippen LogP contribution in [0.25, 0.3) is 5.69 Å². The molecular formula is C19H15ClFN3. The topological polar surface area (TPSA) is 30.2 Å². The Kier molecular flexibility index (Phi) is 3.50. The minimum Gasteiger partial charge on any atom is -0.298 e. The van der Waals surface area contributed by atoms with Crippen molar-refractivity contribution in [3.63, 3.8) is 0 Å². The van der Waals surface area contributed by atoms with Crippen molar-refractivity contribution in [2.24, 2.45) is 4.99 Å². The third-order valence-electron chi connectivity index (χ3n) is 4.30. The second-order valence-corrected chi connectivity index (χ2v) is 6.30. The van der Waals surface area contributed by atoms with Crippen LogP contribution < -0.4 is 0 Å². The molecule has 2 aromatic carbocycles. The Balaban J connectivity index is 2.07. The van der Waals surface area contributed by atoms with Gasteiger partial charge in [-0.3, -0.25) is 9.56 Å². The van der Waals surface area contributed by atoms with E-state index in [1.54, 1.807) is 12.1 Å². The normalized spacial score (nSPS) is 16.2. The first kappa shape index (κ1) is 15.1. The maximum absolute atomic E-state index is 14.4. The van der Waals surface area contributed by atoms with Gasteiger partial charge in [0.15, 0.2) is 0 Å². The Hall–Kier alpha value is -2.46. The van der Waals surface area contributed by atoms with Crippen LogP contribution in [0.5, 0.6) is 0 Å². The molecule has 0 spiro atoms. The molecule has 0 amide bonds. The standard InChI is InChI=1S/C19H15ClFN3/c1-11-18-10-22-12(2)24(18)17-8-7-13(20)9-15(17)19(23-11)14-5-3-4-6-16(14)21/h3-11H,1-2H3. The van der Waals surface area contributed by atoms with E-state index >= 15 is 0 Å². The lowest BCUT2D eigenvalue weighted by molar-refractivity contribution is 0.625. The summed E-state index contributed by atoms with van der Waals surface area (Å²) in [6.45, 7) is 3.93. The zero-order valence-electron chi connectivity index (χ0n) is 13.3. The minimum atomic E-state index is -0.296. The van der Waals surface area contributed by atoms with Gasteiger partial charge in [-0.15, -0.1) is 0 Å². The Bertz CT molecular complexity index is 974. The summed E-state index contributed by atoms with van der Waals surface area (Å²) in [6.07, 6.45) is 1.83. The number of aliphatic imine (C=N–C) groups is 1. The smallest absolute Gasteiger partial charge is 0.132 e. The molecule has 24 heavy (non-hydrogen) atoms. The SMILES string of the molecule is Cc1ncc2n1-c1ccc(Cl)cc1C(c1ccccc1F)=NC2C. The van der Waals surface area contributed by atoms with E-state index in [2.05, 4.69) is 9.55 Å². The van der Waals surface area contributed by atoms with E-state index in [9.17, 15) is 4.39 Å². The van der Waals surface area contributed by atoms with Gasteiger partial charge in [0.1, 0.15) is 11.6 Å². The molecule has 3 aromatic rings. The maximum Gasteiger partial charge on any atom is 0.132 e. The molecule has 0 N–H and O–H groups in total. The van der Waals surface area contributed by atoms with Gasteiger partial charge in [-0.25, -0.2) is 9.37 Å². The second kappa shape index (κ2) is 5.56. The number of nitrogens with zero attached hydrogens (tertiary/aromatic N) is 3. The Morgan fingerprint density at radius 3 is 2.71 bits per heavy atom. The van der Waals surface area contributed by atoms with E-state index in [-0.39, 0.29) is 11.9 Å². The lowest BCUT2D eigenvalue weighted by Crippen LogP contribution is -2.09. The van der Waals surface area contributed by atoms with Gasteiger partial charge >= 0.3 is 0 Å². The van der Waals surface area contributed by atoms with Crippen LogP contribution in [0.1, 0.15) is 35.6 Å². The highest BCUT2D eigenvalue weighted by Crippen LogP contribution is 2.33. The average Bonchev–Trinajstić information content (AvgIpc) is 2.89. The van der Waals surface area contributed by atoms with Gasteiger partial charge in [-0.1, -0.05) is 23.7 Å². The van der Waals surface area contributed by atoms with Crippen LogP contribution in [0, 0.1) is 12.7 Å². The fraction of sp³-hybridized carbons (Fsp3) is 0.158. The van der Waals surface area contributed by atoms with Gasteiger partial charge in [0.2, 0.25) is 0 Å². The number of fused-ring (bicyclic) bond motifs is 3. The molecular weight excluding hydrogens is 325 g/mol. The fourth-order valence-corrected chi connectivity index (χ4v) is 3.33. The first-order chi connectivity index (χ1) is 11.6. The maximum atomic E-state index is 14.4. The van der Waals surface area contributed by atoms with E-state index in [4.69, 9.17) is 16.6 Å². The summed E-state index contributed by atoms with van der Waals surface area (Å²) in [4.78, 5) is 9.21. The van der Waals surface area contributed by atoms with Crippen LogP contribution in [-0.2, 0) is 0 Å². The molecule has 1 unspecified atom stereocenters. The van der Waals surface area contributed by atoms with Crippen molar-refractivity contribution in [3.8, 4) is 5.69 Å². The summed E-state index contributed by atoms with van der Waals surface area (Å²) in [6, 6.07) is 12.1. The summed E-state index contributed by atoms with van der Waals surface area (Å²) >= 11 is 6.23. The van der Waals surface area contributed by atoms with Crippen molar-refractivity contribution >= 4 is 17.3 Å². The zero-order chi connectivity index (χ0) is 16.8. The third kappa shape index (κ3) is 2.26. The van der Waals surface area contributed by atoms with Gasteiger partial charge in [0.25, 0.3) is 0 Å². The monoisotopic (exact) mass is 339 g/mol. The summed E-state index contributed by atoms with van der Waals surface area (Å²) in [5.74, 6) is 0.571. The summed E-state index contributed by atoms with van der Waals surface area (Å²) in [5.41, 5.74) is 3.78. The van der Waals surface area contributed by atoms with Crippen LogP contribution in [-0.4, -0.2) is 15.3 Å². The largest absolute Gasteiger partial charge is 0.298 e. The average molecular weight is 340 g/mol. The highest BCUT2D eigenvalue weighted by atomic mass is 35.5. The predicted molar refractivity (Wildman–Crippen MR) is 93.8 cm³/mol. The second-order valence-electron chi connectivity index (χ2n) is 5.86. The molecule has 0 radical (unpaired) electrons. The van der Waals surface area contributed by atoms with Crippen molar-refractivity contribution in [1.29, 1.82) is 0 Å². The Labute approximate surface area is 144 Å². The number of benzene rings is 2. The number of imidazole rings is 1. The molecule has 1 aliphatic heterocycles. The number of aromatic nitrogens is 2. The number of aryl methyl sites for hydroxylation is 1. The quantitative estimate of drug-likeness (QED) is 0.621. The first-order valence-electron chi connectivity index (χ1n) is 7.73. The fourth-order valence-electron chi connectivity index (χ4n) is 3.16. The molecule has 1 atom stereocenters. The predicted octanol–water partition coefficient (Wildman–Crippen LogP) is 4.89. The molecule has 1 aliphatic rings. The molecule has 0 saturated carbocycles.